The van der Waals surface area contributed by atoms with Gasteiger partial charge in [0.15, 0.2) is 12.5 Å². The van der Waals surface area contributed by atoms with E-state index in [1.807, 2.05) is 9.80 Å². The van der Waals surface area contributed by atoms with Gasteiger partial charge in [0.1, 0.15) is 11.5 Å². The van der Waals surface area contributed by atoms with Gasteiger partial charge in [0, 0.05) is 23.1 Å². The third kappa shape index (κ3) is 2.78. The average Bonchev–Trinajstić information content (AvgIpc) is 2.85. The molecule has 9 heteroatoms. The van der Waals surface area contributed by atoms with Crippen LogP contribution in [0, 0.1) is 0 Å². The average molecular weight is 411 g/mol. The highest BCUT2D eigenvalue weighted by atomic mass is 35.5. The molecule has 5 rings (SSSR count). The molecule has 1 fully saturated rings. The molecule has 1 saturated heterocycles. The summed E-state index contributed by atoms with van der Waals surface area (Å²) >= 11 is 12.3. The van der Waals surface area contributed by atoms with Crippen LogP contribution < -0.4 is 19.3 Å². The van der Waals surface area contributed by atoms with Crippen LogP contribution in [0.4, 0.5) is 11.4 Å². The molecular formula is C18H16Cl2N2O5. The van der Waals surface area contributed by atoms with Crippen molar-refractivity contribution >= 4 is 34.6 Å². The molecule has 3 aliphatic rings. The lowest BCUT2D eigenvalue weighted by Gasteiger charge is -2.42. The molecule has 27 heavy (non-hydrogen) atoms. The number of anilines is 2. The molecule has 3 heterocycles. The maximum atomic E-state index is 10.5. The van der Waals surface area contributed by atoms with Crippen molar-refractivity contribution in [3.63, 3.8) is 0 Å². The zero-order valence-electron chi connectivity index (χ0n) is 14.0. The number of ether oxygens (including phenoxy) is 3. The van der Waals surface area contributed by atoms with E-state index in [0.717, 1.165) is 11.4 Å². The molecule has 0 radical (unpaired) electrons. The van der Waals surface area contributed by atoms with Gasteiger partial charge >= 0.3 is 0 Å². The molecule has 7 nitrogen and oxygen atoms in total. The summed E-state index contributed by atoms with van der Waals surface area (Å²) in [6, 6.07) is 10.4. The Morgan fingerprint density at radius 3 is 1.67 bits per heavy atom. The number of aliphatic hydroxyl groups is 2. The van der Waals surface area contributed by atoms with E-state index in [4.69, 9.17) is 37.4 Å². The van der Waals surface area contributed by atoms with Crippen molar-refractivity contribution in [1.29, 1.82) is 0 Å². The van der Waals surface area contributed by atoms with Gasteiger partial charge in [-0.3, -0.25) is 0 Å². The van der Waals surface area contributed by atoms with Crippen LogP contribution in [-0.2, 0) is 4.74 Å². The second-order valence-corrected chi connectivity index (χ2v) is 7.42. The number of benzene rings is 2. The van der Waals surface area contributed by atoms with Gasteiger partial charge in [0.2, 0.25) is 12.6 Å². The van der Waals surface area contributed by atoms with Gasteiger partial charge in [-0.05, 0) is 36.4 Å². The molecule has 4 atom stereocenters. The van der Waals surface area contributed by atoms with Crippen LogP contribution in [-0.4, -0.2) is 48.3 Å². The molecule has 0 saturated carbocycles. The second-order valence-electron chi connectivity index (χ2n) is 6.54. The van der Waals surface area contributed by atoms with Gasteiger partial charge in [0.25, 0.3) is 0 Å². The summed E-state index contributed by atoms with van der Waals surface area (Å²) in [5.41, 5.74) is 1.44. The highest BCUT2D eigenvalue weighted by molar-refractivity contribution is 6.31. The van der Waals surface area contributed by atoms with Crippen LogP contribution >= 0.6 is 23.2 Å². The lowest BCUT2D eigenvalue weighted by molar-refractivity contribution is -0.201. The molecule has 0 amide bonds. The molecule has 2 N–H and O–H groups in total. The summed E-state index contributed by atoms with van der Waals surface area (Å²) in [7, 11) is 0. The highest BCUT2D eigenvalue weighted by Gasteiger charge is 2.46. The smallest absolute Gasteiger partial charge is 0.243 e. The lowest BCUT2D eigenvalue weighted by Crippen LogP contribution is -2.55. The zero-order valence-corrected chi connectivity index (χ0v) is 15.5. The Balaban J connectivity index is 1.56. The number of aliphatic hydroxyl groups excluding tert-OH is 2. The minimum Gasteiger partial charge on any atom is -0.458 e. The molecule has 0 aromatic heterocycles. The Morgan fingerprint density at radius 1 is 0.778 bits per heavy atom. The summed E-state index contributed by atoms with van der Waals surface area (Å²) < 4.78 is 17.2. The van der Waals surface area contributed by atoms with E-state index in [-0.39, 0.29) is 0 Å². The van der Waals surface area contributed by atoms with Crippen LogP contribution in [0.1, 0.15) is 0 Å². The second kappa shape index (κ2) is 6.32. The normalized spacial score (nSPS) is 28.7. The first-order valence-electron chi connectivity index (χ1n) is 8.48. The fraction of sp³-hybridized carbons (Fsp3) is 0.333. The predicted octanol–water partition coefficient (Wildman–Crippen LogP) is 2.41. The Labute approximate surface area is 165 Å². The van der Waals surface area contributed by atoms with Gasteiger partial charge in [-0.15, -0.1) is 0 Å². The van der Waals surface area contributed by atoms with E-state index in [2.05, 4.69) is 0 Å². The van der Waals surface area contributed by atoms with Crippen molar-refractivity contribution in [2.45, 2.75) is 25.0 Å². The number of hydrogen-bond donors (Lipinski definition) is 2. The fourth-order valence-corrected chi connectivity index (χ4v) is 4.06. The Morgan fingerprint density at radius 2 is 1.22 bits per heavy atom. The van der Waals surface area contributed by atoms with Crippen molar-refractivity contribution < 1.29 is 24.4 Å². The largest absolute Gasteiger partial charge is 0.458 e. The molecule has 0 bridgehead atoms. The minimum atomic E-state index is -1.23. The van der Waals surface area contributed by atoms with Crippen LogP contribution in [0.15, 0.2) is 36.4 Å². The number of halogens is 2. The first-order valence-corrected chi connectivity index (χ1v) is 9.24. The van der Waals surface area contributed by atoms with Gasteiger partial charge in [0.05, 0.1) is 11.4 Å². The van der Waals surface area contributed by atoms with Gasteiger partial charge in [-0.25, -0.2) is 0 Å². The summed E-state index contributed by atoms with van der Waals surface area (Å²) in [5.74, 6) is 1.04. The summed E-state index contributed by atoms with van der Waals surface area (Å²) in [6.07, 6.45) is -4.12. The van der Waals surface area contributed by atoms with E-state index in [1.165, 1.54) is 0 Å². The molecule has 3 aliphatic heterocycles. The van der Waals surface area contributed by atoms with E-state index >= 15 is 0 Å². The van der Waals surface area contributed by atoms with Gasteiger partial charge < -0.3 is 34.2 Å². The zero-order chi connectivity index (χ0) is 18.7. The maximum Gasteiger partial charge on any atom is 0.243 e. The first-order chi connectivity index (χ1) is 13.0. The predicted molar refractivity (Wildman–Crippen MR) is 99.5 cm³/mol. The molecule has 2 aromatic rings. The van der Waals surface area contributed by atoms with Crippen LogP contribution in [0.2, 0.25) is 10.0 Å². The lowest BCUT2D eigenvalue weighted by atomic mass is 10.2. The van der Waals surface area contributed by atoms with Crippen molar-refractivity contribution in [3.05, 3.63) is 46.4 Å². The van der Waals surface area contributed by atoms with Gasteiger partial charge in [-0.2, -0.15) is 0 Å². The fourth-order valence-electron chi connectivity index (χ4n) is 3.72. The molecule has 0 spiro atoms. The first kappa shape index (κ1) is 17.2. The number of fused-ring (bicyclic) bond motifs is 6. The van der Waals surface area contributed by atoms with Crippen molar-refractivity contribution in [3.8, 4) is 11.5 Å². The Hall–Kier alpha value is -1.90. The van der Waals surface area contributed by atoms with E-state index in [0.29, 0.717) is 34.6 Å². The van der Waals surface area contributed by atoms with Gasteiger partial charge in [-0.1, -0.05) is 23.2 Å². The minimum absolute atomic E-state index is 0.508. The van der Waals surface area contributed by atoms with E-state index in [9.17, 15) is 10.2 Å². The van der Waals surface area contributed by atoms with E-state index in [1.54, 1.807) is 36.4 Å². The maximum absolute atomic E-state index is 10.5. The molecule has 0 aliphatic carbocycles. The number of rotatable bonds is 0. The third-order valence-electron chi connectivity index (χ3n) is 4.92. The molecule has 2 aromatic carbocycles. The third-order valence-corrected chi connectivity index (χ3v) is 5.39. The monoisotopic (exact) mass is 410 g/mol. The summed E-state index contributed by atoms with van der Waals surface area (Å²) in [4.78, 5) is 3.76. The topological polar surface area (TPSA) is 74.6 Å². The number of hydrogen-bond acceptors (Lipinski definition) is 7. The highest BCUT2D eigenvalue weighted by Crippen LogP contribution is 2.43. The van der Waals surface area contributed by atoms with Crippen molar-refractivity contribution in [1.82, 2.24) is 0 Å². The van der Waals surface area contributed by atoms with Crippen molar-refractivity contribution in [2.24, 2.45) is 0 Å². The van der Waals surface area contributed by atoms with Crippen LogP contribution in [0.5, 0.6) is 11.5 Å². The summed E-state index contributed by atoms with van der Waals surface area (Å²) in [5, 5.41) is 22.1. The van der Waals surface area contributed by atoms with Crippen LogP contribution in [0.25, 0.3) is 0 Å². The van der Waals surface area contributed by atoms with E-state index < -0.39 is 25.0 Å². The number of nitrogens with zero attached hydrogens (tertiary/aromatic N) is 2. The SMILES string of the molecule is O[C@H]1Oc2ccc(Cl)cc2N2CCN3c4cc(Cl)ccc4O[C@H](O)[C@H]3O[C@H]12. The Kier molecular flexibility index (Phi) is 4.03. The molecular weight excluding hydrogens is 395 g/mol. The van der Waals surface area contributed by atoms with Crippen LogP contribution in [0.3, 0.4) is 0 Å². The quantitative estimate of drug-likeness (QED) is 0.690. The molecule has 0 unspecified atom stereocenters. The summed E-state index contributed by atoms with van der Waals surface area (Å²) in [6.45, 7) is 1.02. The Bertz CT molecular complexity index is 827. The van der Waals surface area contributed by atoms with Crippen molar-refractivity contribution in [2.75, 3.05) is 22.9 Å². The molecule has 142 valence electrons. The standard InChI is InChI=1S/C18H16Cl2N2O5/c19-9-1-3-13-11(7-9)21-5-6-22-12-8-10(20)2-4-14(12)26-18(24)16(22)27-15(21)17(23)25-13/h1-4,7-8,15-18,23-24H,5-6H2/t15-,16-,17+,18+/m1/s1.